The Bertz CT molecular complexity index is 393. The molecule has 48 nitrogen and oxygen atoms in total. The van der Waals surface area contributed by atoms with E-state index in [2.05, 4.69) is 70.1 Å². The van der Waals surface area contributed by atoms with Crippen LogP contribution in [0.2, 0.25) is 0 Å². The number of hydrogen-bond donors (Lipinski definition) is 18. The second-order valence-electron chi connectivity index (χ2n) is 3.51. The first-order valence-corrected chi connectivity index (χ1v) is 18.9. The molecule has 0 aliphatic carbocycles. The molecular weight excluding hydrogens is 1090 g/mol. The summed E-state index contributed by atoms with van der Waals surface area (Å²) >= 11 is 0. The normalized spacial score (nSPS) is 9.93. The Morgan fingerprint density at radius 1 is 0.172 bits per heavy atom. The summed E-state index contributed by atoms with van der Waals surface area (Å²) in [5.74, 6) is 48.0. The molecule has 0 fully saturated rings. The molecule has 0 rings (SSSR count). The quantitative estimate of drug-likeness (QED) is 0.0608. The van der Waals surface area contributed by atoms with Gasteiger partial charge in [-0.25, -0.2) is 55.9 Å². The molecule has 58 heavy (non-hydrogen) atoms. The molecule has 0 aromatic heterocycles. The molecule has 372 valence electrons. The van der Waals surface area contributed by atoms with Crippen LogP contribution in [0.1, 0.15) is 0 Å². The molecule has 0 spiro atoms. The van der Waals surface area contributed by atoms with Crippen LogP contribution in [0.5, 0.6) is 0 Å². The van der Waals surface area contributed by atoms with Crippen molar-refractivity contribution in [2.45, 2.75) is 0 Å². The summed E-state index contributed by atoms with van der Waals surface area (Å²) in [5.41, 5.74) is 0. The fraction of sp³-hybridized carbons (Fsp3) is 0. The van der Waals surface area contributed by atoms with E-state index in [-0.39, 0.29) is 17.4 Å². The van der Waals surface area contributed by atoms with Crippen LogP contribution in [0.3, 0.4) is 0 Å². The molecule has 0 aromatic rings. The van der Waals surface area contributed by atoms with Gasteiger partial charge in [-0.2, -0.15) is 83.9 Å². The fourth-order valence-electron chi connectivity index (χ4n) is 0. The van der Waals surface area contributed by atoms with Gasteiger partial charge in [-0.15, -0.1) is 30.7 Å². The van der Waals surface area contributed by atoms with E-state index in [9.17, 15) is 0 Å². The van der Waals surface area contributed by atoms with Gasteiger partial charge in [0.25, 0.3) is 0 Å². The number of nitrogens with two attached hydrogens (primary N) is 12. The largest absolute Gasteiger partial charge is 3.00 e. The van der Waals surface area contributed by atoms with Crippen LogP contribution in [-0.4, -0.2) is 45.3 Å². The molecule has 58 heteroatoms. The molecule has 0 saturated heterocycles. The van der Waals surface area contributed by atoms with Crippen molar-refractivity contribution in [1.82, 2.24) is 0 Å². The monoisotopic (exact) mass is 1120 g/mol. The van der Waals surface area contributed by atoms with Crippen LogP contribution in [-0.2, 0) is 0 Å². The van der Waals surface area contributed by atoms with Gasteiger partial charge >= 0.3 is 17.4 Å². The first kappa shape index (κ1) is 107. The topological polar surface area (TPSA) is 1130 Å². The summed E-state index contributed by atoms with van der Waals surface area (Å²) in [6.07, 6.45) is 0. The minimum absolute atomic E-state index is 0. The second-order valence-corrected chi connectivity index (χ2v) is 10.5. The zero-order valence-electron chi connectivity index (χ0n) is 25.8. The molecular formula is H30AlCl9N12O36. The average molecular weight is 1120 g/mol. The zero-order valence-corrected chi connectivity index (χ0v) is 33.8. The van der Waals surface area contributed by atoms with E-state index in [0.29, 0.717) is 0 Å². The van der Waals surface area contributed by atoms with Crippen molar-refractivity contribution in [2.75, 3.05) is 0 Å². The van der Waals surface area contributed by atoms with Crippen molar-refractivity contribution in [3.8, 4) is 0 Å². The summed E-state index contributed by atoms with van der Waals surface area (Å²) in [5, 5.41) is 0. The Balaban J connectivity index is -0.0000000236. The van der Waals surface area contributed by atoms with E-state index < -0.39 is 92.2 Å². The Hall–Kier alpha value is 1.22. The van der Waals surface area contributed by atoms with E-state index >= 15 is 0 Å². The summed E-state index contributed by atoms with van der Waals surface area (Å²) in [7, 11) is -43.0. The van der Waals surface area contributed by atoms with Crippen molar-refractivity contribution >= 4 is 17.4 Å². The SMILES string of the molecule is NN.NN.NN.NN.NN.NN.[Al+3].[O-][Cl+3]([O-])([O-])O.[O-][Cl+3]([O-])([O-])O.[O-][Cl+3]([O-])([O-])O.[O-][Cl+3]([O-])([O-])O.[O-][Cl+3]([O-])([O-])O.[O-][Cl+3]([O-])([O-])O.[O-][Cl+3]([O-])([O-])[O-].[O-][Cl+3]([O-])([O-])[O-].[O-][Cl+3]([O-])([O-])[O-]. The predicted molar refractivity (Wildman–Crippen MR) is 69.3 cm³/mol. The standard InChI is InChI=1S/Al.9ClHO4.6H4N2/c;9*2-1(3,4)5;6*1-2/h;9*(H,2,3,4,5);6*1-2H2/q+3;;;;;;;;;;;;;;;/p-3. The maximum atomic E-state index is 8.60. The van der Waals surface area contributed by atoms with Crippen molar-refractivity contribution < 1.29 is 260 Å². The minimum Gasteiger partial charge on any atom is -0.274 e. The molecule has 0 heterocycles. The van der Waals surface area contributed by atoms with Gasteiger partial charge < -0.3 is 0 Å². The molecule has 0 aliphatic heterocycles. The molecule has 0 aliphatic rings. The molecule has 0 bridgehead atoms. The summed E-state index contributed by atoms with van der Waals surface area (Å²) in [6, 6.07) is 0. The minimum atomic E-state index is -4.94. The molecule has 30 N–H and O–H groups in total. The number of rotatable bonds is 0. The molecule has 0 unspecified atom stereocenters. The average Bonchev–Trinajstić information content (AvgIpc) is 2.82. The fourth-order valence-corrected chi connectivity index (χ4v) is 0. The van der Waals surface area contributed by atoms with Crippen molar-refractivity contribution in [1.29, 1.82) is 0 Å². The first-order valence-electron chi connectivity index (χ1n) is 7.64. The number of hydrogen-bond acceptors (Lipinski definition) is 48. The number of hydrazine groups is 6. The van der Waals surface area contributed by atoms with E-state index in [1.807, 2.05) is 0 Å². The van der Waals surface area contributed by atoms with Gasteiger partial charge in [-0.3, -0.25) is 70.1 Å². The van der Waals surface area contributed by atoms with Gasteiger partial charge in [-0.1, -0.05) is 0 Å². The van der Waals surface area contributed by atoms with E-state index in [4.69, 9.17) is 168 Å². The predicted octanol–water partition coefficient (Wildman–Crippen LogP) is -46.5. The third-order valence-corrected chi connectivity index (χ3v) is 0. The van der Waals surface area contributed by atoms with Crippen molar-refractivity contribution in [2.24, 2.45) is 70.1 Å². The number of halogens is 9. The van der Waals surface area contributed by atoms with Crippen LogP contribution in [0.4, 0.5) is 0 Å². The van der Waals surface area contributed by atoms with Crippen molar-refractivity contribution in [3.05, 3.63) is 0 Å². The Morgan fingerprint density at radius 3 is 0.172 bits per heavy atom. The molecule has 0 aromatic carbocycles. The van der Waals surface area contributed by atoms with Gasteiger partial charge in [0.1, 0.15) is 0 Å². The van der Waals surface area contributed by atoms with Crippen LogP contribution in [0, 0.1) is 92.2 Å². The molecule has 0 saturated carbocycles. The molecule has 0 atom stereocenters. The maximum Gasteiger partial charge on any atom is 3.00 e. The van der Waals surface area contributed by atoms with E-state index in [1.165, 1.54) is 0 Å². The molecule has 0 amide bonds. The van der Waals surface area contributed by atoms with Crippen LogP contribution >= 0.6 is 0 Å². The Labute approximate surface area is 346 Å². The van der Waals surface area contributed by atoms with Crippen LogP contribution in [0.15, 0.2) is 0 Å². The van der Waals surface area contributed by atoms with E-state index in [1.54, 1.807) is 0 Å². The second kappa shape index (κ2) is 62.5. The Morgan fingerprint density at radius 2 is 0.172 bits per heavy atom. The molecule has 0 radical (unpaired) electrons. The van der Waals surface area contributed by atoms with Gasteiger partial charge in [0.05, 0.1) is 89.4 Å². The summed E-state index contributed by atoms with van der Waals surface area (Å²) < 4.78 is 298. The van der Waals surface area contributed by atoms with E-state index in [0.717, 1.165) is 0 Å². The maximum absolute atomic E-state index is 8.60. The summed E-state index contributed by atoms with van der Waals surface area (Å²) in [4.78, 5) is 0. The smallest absolute Gasteiger partial charge is 0.274 e. The third kappa shape index (κ3) is 121000. The third-order valence-electron chi connectivity index (χ3n) is 0. The van der Waals surface area contributed by atoms with Gasteiger partial charge in [0, 0.05) is 0 Å². The van der Waals surface area contributed by atoms with Crippen molar-refractivity contribution in [3.63, 3.8) is 0 Å². The first-order chi connectivity index (χ1) is 24.0. The van der Waals surface area contributed by atoms with Gasteiger partial charge in [0.2, 0.25) is 0 Å². The Kier molecular flexibility index (Phi) is 116. The summed E-state index contributed by atoms with van der Waals surface area (Å²) in [6.45, 7) is 0. The zero-order chi connectivity index (χ0) is 52.5. The van der Waals surface area contributed by atoms with Gasteiger partial charge in [-0.05, 0) is 0 Å². The van der Waals surface area contributed by atoms with Gasteiger partial charge in [0.15, 0.2) is 0 Å². The van der Waals surface area contributed by atoms with Crippen LogP contribution < -0.4 is 210 Å². The van der Waals surface area contributed by atoms with Crippen LogP contribution in [0.25, 0.3) is 0 Å².